The zero-order valence-electron chi connectivity index (χ0n) is 8.28. The molecular formula is C7H9F3N4OS. The second-order valence-corrected chi connectivity index (χ2v) is 3.99. The minimum atomic E-state index is -4.52. The van der Waals surface area contributed by atoms with Crippen LogP contribution in [0, 0.1) is 0 Å². The van der Waals surface area contributed by atoms with E-state index < -0.39 is 17.9 Å². The first-order chi connectivity index (χ1) is 7.32. The monoisotopic (exact) mass is 254 g/mol. The Kier molecular flexibility index (Phi) is 3.79. The fourth-order valence-corrected chi connectivity index (χ4v) is 1.79. The summed E-state index contributed by atoms with van der Waals surface area (Å²) in [6.45, 7) is 0. The maximum absolute atomic E-state index is 12.3. The number of carbonyl (C=O) groups is 1. The summed E-state index contributed by atoms with van der Waals surface area (Å²) in [5.74, 6) is -1.29. The zero-order chi connectivity index (χ0) is 12.3. The third-order valence-electron chi connectivity index (χ3n) is 1.67. The molecule has 1 amide bonds. The second kappa shape index (κ2) is 4.73. The molecule has 0 unspecified atom stereocenters. The highest BCUT2D eigenvalue weighted by Crippen LogP contribution is 2.29. The lowest BCUT2D eigenvalue weighted by Gasteiger charge is -2.05. The number of carbonyl (C=O) groups excluding carboxylic acids is 1. The predicted octanol–water partition coefficient (Wildman–Crippen LogP) is 0.801. The number of nitrogens with zero attached hydrogens (tertiary/aromatic N) is 3. The summed E-state index contributed by atoms with van der Waals surface area (Å²) >= 11 is 1.00. The molecule has 0 spiro atoms. The van der Waals surface area contributed by atoms with E-state index >= 15 is 0 Å². The summed E-state index contributed by atoms with van der Waals surface area (Å²) in [4.78, 5) is 10.4. The number of aromatic nitrogens is 3. The molecule has 0 aliphatic heterocycles. The van der Waals surface area contributed by atoms with Crippen LogP contribution in [0.1, 0.15) is 12.2 Å². The van der Waals surface area contributed by atoms with Crippen LogP contribution in [0.5, 0.6) is 0 Å². The highest BCUT2D eigenvalue weighted by Gasteiger charge is 2.37. The van der Waals surface area contributed by atoms with E-state index in [9.17, 15) is 18.0 Å². The summed E-state index contributed by atoms with van der Waals surface area (Å²) in [7, 11) is 1.22. The van der Waals surface area contributed by atoms with Crippen molar-refractivity contribution in [3.05, 3.63) is 5.82 Å². The van der Waals surface area contributed by atoms with Gasteiger partial charge in [0.2, 0.25) is 11.7 Å². The molecule has 0 fully saturated rings. The number of halogens is 3. The minimum Gasteiger partial charge on any atom is -0.370 e. The van der Waals surface area contributed by atoms with Crippen LogP contribution in [0.25, 0.3) is 0 Å². The molecule has 1 heterocycles. The number of nitrogens with two attached hydrogens (primary N) is 1. The van der Waals surface area contributed by atoms with Crippen LogP contribution in [0.4, 0.5) is 13.2 Å². The molecule has 9 heteroatoms. The molecule has 0 aliphatic carbocycles. The van der Waals surface area contributed by atoms with E-state index in [0.29, 0.717) is 0 Å². The molecule has 0 radical (unpaired) electrons. The maximum atomic E-state index is 12.3. The van der Waals surface area contributed by atoms with Crippen molar-refractivity contribution in [2.24, 2.45) is 12.8 Å². The van der Waals surface area contributed by atoms with Gasteiger partial charge in [-0.05, 0) is 0 Å². The van der Waals surface area contributed by atoms with Crippen LogP contribution in [0.15, 0.2) is 5.16 Å². The van der Waals surface area contributed by atoms with Crippen LogP contribution >= 0.6 is 11.8 Å². The number of primary amides is 1. The fraction of sp³-hybridized carbons (Fsp3) is 0.571. The van der Waals surface area contributed by atoms with Gasteiger partial charge in [-0.3, -0.25) is 4.79 Å². The van der Waals surface area contributed by atoms with Gasteiger partial charge < -0.3 is 10.3 Å². The average Bonchev–Trinajstić information content (AvgIpc) is 2.46. The number of thioether (sulfide) groups is 1. The highest BCUT2D eigenvalue weighted by atomic mass is 32.2. The summed E-state index contributed by atoms with van der Waals surface area (Å²) in [6, 6.07) is 0. The third kappa shape index (κ3) is 3.12. The summed E-state index contributed by atoms with van der Waals surface area (Å²) in [5, 5.41) is 6.52. The number of amides is 1. The van der Waals surface area contributed by atoms with Gasteiger partial charge in [-0.2, -0.15) is 13.2 Å². The van der Waals surface area contributed by atoms with Crippen molar-refractivity contribution in [1.82, 2.24) is 14.8 Å². The van der Waals surface area contributed by atoms with E-state index in [4.69, 9.17) is 5.73 Å². The van der Waals surface area contributed by atoms with E-state index in [1.165, 1.54) is 7.05 Å². The van der Waals surface area contributed by atoms with Gasteiger partial charge in [0.1, 0.15) is 0 Å². The first kappa shape index (κ1) is 12.8. The standard InChI is InChI=1S/C7H9F3N4OS/c1-14-5(7(8,9)10)12-13-6(14)16-3-2-4(11)15/h2-3H2,1H3,(H2,11,15). The SMILES string of the molecule is Cn1c(SCCC(N)=O)nnc1C(F)(F)F. The molecule has 1 aromatic rings. The first-order valence-corrected chi connectivity index (χ1v) is 5.18. The van der Waals surface area contributed by atoms with Crippen molar-refractivity contribution in [2.75, 3.05) is 5.75 Å². The van der Waals surface area contributed by atoms with Crippen molar-refractivity contribution < 1.29 is 18.0 Å². The minimum absolute atomic E-state index is 0.0822. The number of hydrogen-bond acceptors (Lipinski definition) is 4. The lowest BCUT2D eigenvalue weighted by molar-refractivity contribution is -0.147. The lowest BCUT2D eigenvalue weighted by Crippen LogP contribution is -2.13. The zero-order valence-corrected chi connectivity index (χ0v) is 9.10. The van der Waals surface area contributed by atoms with Gasteiger partial charge in [-0.25, -0.2) is 0 Å². The van der Waals surface area contributed by atoms with Crippen molar-refractivity contribution >= 4 is 17.7 Å². The Morgan fingerprint density at radius 2 is 2.12 bits per heavy atom. The molecule has 0 aliphatic rings. The molecule has 5 nitrogen and oxygen atoms in total. The van der Waals surface area contributed by atoms with E-state index in [-0.39, 0.29) is 17.3 Å². The van der Waals surface area contributed by atoms with Gasteiger partial charge >= 0.3 is 6.18 Å². The molecule has 90 valence electrons. The normalized spacial score (nSPS) is 11.8. The van der Waals surface area contributed by atoms with E-state index in [2.05, 4.69) is 10.2 Å². The van der Waals surface area contributed by atoms with Crippen LogP contribution in [-0.4, -0.2) is 26.4 Å². The quantitative estimate of drug-likeness (QED) is 0.806. The van der Waals surface area contributed by atoms with Crippen molar-refractivity contribution in [2.45, 2.75) is 17.8 Å². The summed E-state index contributed by atoms with van der Waals surface area (Å²) < 4.78 is 37.8. The van der Waals surface area contributed by atoms with E-state index in [1.54, 1.807) is 0 Å². The maximum Gasteiger partial charge on any atom is 0.451 e. The third-order valence-corrected chi connectivity index (χ3v) is 2.69. The smallest absolute Gasteiger partial charge is 0.370 e. The summed E-state index contributed by atoms with van der Waals surface area (Å²) in [5.41, 5.74) is 4.89. The Hall–Kier alpha value is -1.25. The molecule has 2 N–H and O–H groups in total. The van der Waals surface area contributed by atoms with Gasteiger partial charge in [-0.1, -0.05) is 11.8 Å². The fourth-order valence-electron chi connectivity index (χ4n) is 0.930. The number of rotatable bonds is 4. The molecule has 0 saturated heterocycles. The predicted molar refractivity (Wildman–Crippen MR) is 50.5 cm³/mol. The van der Waals surface area contributed by atoms with Crippen LogP contribution in [0.2, 0.25) is 0 Å². The van der Waals surface area contributed by atoms with Crippen molar-refractivity contribution in [3.8, 4) is 0 Å². The molecule has 1 aromatic heterocycles. The van der Waals surface area contributed by atoms with Gasteiger partial charge in [0, 0.05) is 19.2 Å². The molecule has 0 saturated carbocycles. The Bertz CT molecular complexity index is 389. The van der Waals surface area contributed by atoms with Gasteiger partial charge in [0.15, 0.2) is 5.16 Å². The number of alkyl halides is 3. The van der Waals surface area contributed by atoms with E-state index in [0.717, 1.165) is 16.3 Å². The first-order valence-electron chi connectivity index (χ1n) is 4.20. The topological polar surface area (TPSA) is 73.8 Å². The van der Waals surface area contributed by atoms with Gasteiger partial charge in [0.25, 0.3) is 0 Å². The van der Waals surface area contributed by atoms with Crippen molar-refractivity contribution in [1.29, 1.82) is 0 Å². The lowest BCUT2D eigenvalue weighted by atomic mass is 10.5. The highest BCUT2D eigenvalue weighted by molar-refractivity contribution is 7.99. The largest absolute Gasteiger partial charge is 0.451 e. The Morgan fingerprint density at radius 3 is 2.56 bits per heavy atom. The Balaban J connectivity index is 2.69. The van der Waals surface area contributed by atoms with Crippen LogP contribution in [0.3, 0.4) is 0 Å². The van der Waals surface area contributed by atoms with Gasteiger partial charge in [-0.15, -0.1) is 10.2 Å². The molecule has 0 aromatic carbocycles. The average molecular weight is 254 g/mol. The summed E-state index contributed by atoms with van der Waals surface area (Å²) in [6.07, 6.45) is -4.44. The number of hydrogen-bond donors (Lipinski definition) is 1. The van der Waals surface area contributed by atoms with Crippen LogP contribution in [-0.2, 0) is 18.0 Å². The van der Waals surface area contributed by atoms with E-state index in [1.807, 2.05) is 0 Å². The Morgan fingerprint density at radius 1 is 1.50 bits per heavy atom. The second-order valence-electron chi connectivity index (χ2n) is 2.93. The van der Waals surface area contributed by atoms with Gasteiger partial charge in [0.05, 0.1) is 0 Å². The molecular weight excluding hydrogens is 245 g/mol. The molecule has 0 bridgehead atoms. The molecule has 1 rings (SSSR count). The van der Waals surface area contributed by atoms with Crippen LogP contribution < -0.4 is 5.73 Å². The molecule has 0 atom stereocenters. The molecule has 16 heavy (non-hydrogen) atoms. The van der Waals surface area contributed by atoms with Crippen molar-refractivity contribution in [3.63, 3.8) is 0 Å². The Labute approximate surface area is 93.2 Å².